The number of hydrogen-bond donors (Lipinski definition) is 0. The zero-order chi connectivity index (χ0) is 41.5. The predicted molar refractivity (Wildman–Crippen MR) is 246 cm³/mol. The number of nitrogens with zero attached hydrogens (tertiary/aromatic N) is 4. The predicted octanol–water partition coefficient (Wildman–Crippen LogP) is 14.0. The molecule has 4 heteroatoms. The standard InChI is InChI=1S/C55H54N4/c1-10-38(21-20-37(3)53(4,5)6)51-56-32-42(33-57-51)40-24-28-46-47-29-25-41(43-34-58-52(59-35-43)39-22-26-44(27-23-39)54(7,8)9)31-50(47)55(49(46)30-40,45-17-12-11-13-18-45)48-19-15-14-16-36(48)2/h11-35H,10H2,1-9H3/b37-20+,38-21+. The second kappa shape index (κ2) is 15.5. The van der Waals surface area contributed by atoms with Crippen molar-refractivity contribution in [3.8, 4) is 44.8 Å². The van der Waals surface area contributed by atoms with Crippen molar-refractivity contribution in [2.45, 2.75) is 79.6 Å². The van der Waals surface area contributed by atoms with Gasteiger partial charge in [-0.1, -0.05) is 169 Å². The molecule has 59 heavy (non-hydrogen) atoms. The average Bonchev–Trinajstić information content (AvgIpc) is 3.53. The summed E-state index contributed by atoms with van der Waals surface area (Å²) in [6.45, 7) is 20.0. The largest absolute Gasteiger partial charge is 0.236 e. The van der Waals surface area contributed by atoms with Gasteiger partial charge in [-0.25, -0.2) is 19.9 Å². The molecule has 0 saturated carbocycles. The lowest BCUT2D eigenvalue weighted by Gasteiger charge is -2.35. The Kier molecular flexibility index (Phi) is 10.4. The lowest BCUT2D eigenvalue weighted by molar-refractivity contribution is 0.504. The zero-order valence-corrected chi connectivity index (χ0v) is 35.9. The molecule has 0 N–H and O–H groups in total. The molecule has 0 aliphatic heterocycles. The molecular formula is C55H54N4. The molecule has 8 rings (SSSR count). The smallest absolute Gasteiger partial charge is 0.159 e. The van der Waals surface area contributed by atoms with E-state index in [1.54, 1.807) is 0 Å². The molecule has 1 aliphatic carbocycles. The summed E-state index contributed by atoms with van der Waals surface area (Å²) in [6.07, 6.45) is 13.1. The third-order valence-corrected chi connectivity index (χ3v) is 12.3. The number of aryl methyl sites for hydroxylation is 1. The fourth-order valence-corrected chi connectivity index (χ4v) is 8.34. The first kappa shape index (κ1) is 39.6. The maximum Gasteiger partial charge on any atom is 0.159 e. The van der Waals surface area contributed by atoms with Gasteiger partial charge in [0.1, 0.15) is 0 Å². The molecule has 0 amide bonds. The van der Waals surface area contributed by atoms with Crippen LogP contribution in [0.4, 0.5) is 0 Å². The van der Waals surface area contributed by atoms with E-state index >= 15 is 0 Å². The van der Waals surface area contributed by atoms with Gasteiger partial charge >= 0.3 is 0 Å². The first-order chi connectivity index (χ1) is 28.3. The molecule has 0 bridgehead atoms. The second-order valence-electron chi connectivity index (χ2n) is 18.0. The molecule has 4 nitrogen and oxygen atoms in total. The molecule has 1 atom stereocenters. The monoisotopic (exact) mass is 770 g/mol. The minimum absolute atomic E-state index is 0.0882. The number of allylic oxidation sites excluding steroid dienone is 4. The van der Waals surface area contributed by atoms with E-state index in [0.29, 0.717) is 0 Å². The molecule has 0 saturated heterocycles. The molecular weight excluding hydrogens is 717 g/mol. The number of benzene rings is 5. The summed E-state index contributed by atoms with van der Waals surface area (Å²) in [4.78, 5) is 19.6. The lowest BCUT2D eigenvalue weighted by atomic mass is 9.66. The van der Waals surface area contributed by atoms with Crippen LogP contribution in [-0.4, -0.2) is 19.9 Å². The maximum absolute atomic E-state index is 4.93. The van der Waals surface area contributed by atoms with E-state index in [1.165, 1.54) is 50.1 Å². The van der Waals surface area contributed by atoms with Crippen LogP contribution >= 0.6 is 0 Å². The van der Waals surface area contributed by atoms with Gasteiger partial charge in [-0.15, -0.1) is 0 Å². The van der Waals surface area contributed by atoms with E-state index in [-0.39, 0.29) is 10.8 Å². The highest BCUT2D eigenvalue weighted by Gasteiger charge is 2.47. The van der Waals surface area contributed by atoms with Crippen molar-refractivity contribution < 1.29 is 0 Å². The highest BCUT2D eigenvalue weighted by atomic mass is 14.9. The van der Waals surface area contributed by atoms with Crippen molar-refractivity contribution in [2.24, 2.45) is 5.41 Å². The Morgan fingerprint density at radius 2 is 1.08 bits per heavy atom. The maximum atomic E-state index is 4.93. The van der Waals surface area contributed by atoms with Crippen LogP contribution < -0.4 is 0 Å². The van der Waals surface area contributed by atoms with E-state index in [1.807, 2.05) is 24.8 Å². The lowest BCUT2D eigenvalue weighted by Crippen LogP contribution is -2.29. The zero-order valence-electron chi connectivity index (χ0n) is 35.9. The average molecular weight is 771 g/mol. The van der Waals surface area contributed by atoms with Crippen molar-refractivity contribution in [3.05, 3.63) is 197 Å². The van der Waals surface area contributed by atoms with Gasteiger partial charge < -0.3 is 0 Å². The Morgan fingerprint density at radius 1 is 0.559 bits per heavy atom. The normalized spacial score (nSPS) is 15.5. The van der Waals surface area contributed by atoms with E-state index in [4.69, 9.17) is 19.9 Å². The summed E-state index contributed by atoms with van der Waals surface area (Å²) in [5.74, 6) is 1.49. The first-order valence-electron chi connectivity index (χ1n) is 20.8. The van der Waals surface area contributed by atoms with Gasteiger partial charge in [0.2, 0.25) is 0 Å². The summed E-state index contributed by atoms with van der Waals surface area (Å²) in [5.41, 5.74) is 17.1. The Balaban J connectivity index is 1.24. The van der Waals surface area contributed by atoms with Gasteiger partial charge in [0.05, 0.1) is 5.41 Å². The quantitative estimate of drug-likeness (QED) is 0.144. The van der Waals surface area contributed by atoms with Gasteiger partial charge in [0.25, 0.3) is 0 Å². The van der Waals surface area contributed by atoms with Crippen LogP contribution in [0, 0.1) is 12.3 Å². The fraction of sp³-hybridized carbons (Fsp3) is 0.236. The molecule has 0 spiro atoms. The number of hydrogen-bond acceptors (Lipinski definition) is 4. The summed E-state index contributed by atoms with van der Waals surface area (Å²) in [7, 11) is 0. The molecule has 2 heterocycles. The van der Waals surface area contributed by atoms with E-state index in [2.05, 4.69) is 190 Å². The molecule has 294 valence electrons. The van der Waals surface area contributed by atoms with Gasteiger partial charge in [-0.3, -0.25) is 0 Å². The van der Waals surface area contributed by atoms with Gasteiger partial charge in [-0.2, -0.15) is 0 Å². The topological polar surface area (TPSA) is 51.6 Å². The Hall–Kier alpha value is -6.26. The second-order valence-corrected chi connectivity index (χ2v) is 18.0. The Labute approximate surface area is 350 Å². The van der Waals surface area contributed by atoms with E-state index in [0.717, 1.165) is 51.5 Å². The fourth-order valence-electron chi connectivity index (χ4n) is 8.34. The molecule has 7 aromatic rings. The van der Waals surface area contributed by atoms with Gasteiger partial charge in [0.15, 0.2) is 11.6 Å². The van der Waals surface area contributed by atoms with E-state index < -0.39 is 5.41 Å². The van der Waals surface area contributed by atoms with Crippen LogP contribution in [0.5, 0.6) is 0 Å². The molecule has 1 aliphatic rings. The summed E-state index contributed by atoms with van der Waals surface area (Å²) < 4.78 is 0. The van der Waals surface area contributed by atoms with Crippen molar-refractivity contribution in [1.82, 2.24) is 19.9 Å². The molecule has 5 aromatic carbocycles. The third kappa shape index (κ3) is 7.38. The Bertz CT molecular complexity index is 2690. The van der Waals surface area contributed by atoms with Crippen molar-refractivity contribution in [3.63, 3.8) is 0 Å². The third-order valence-electron chi connectivity index (χ3n) is 12.3. The summed E-state index contributed by atoms with van der Waals surface area (Å²) >= 11 is 0. The van der Waals surface area contributed by atoms with Crippen molar-refractivity contribution in [1.29, 1.82) is 0 Å². The van der Waals surface area contributed by atoms with Crippen LogP contribution in [0.3, 0.4) is 0 Å². The number of rotatable bonds is 8. The summed E-state index contributed by atoms with van der Waals surface area (Å²) in [5, 5.41) is 0. The summed E-state index contributed by atoms with van der Waals surface area (Å²) in [6, 6.07) is 42.2. The van der Waals surface area contributed by atoms with E-state index in [9.17, 15) is 0 Å². The molecule has 2 aromatic heterocycles. The first-order valence-corrected chi connectivity index (χ1v) is 20.8. The van der Waals surface area contributed by atoms with Crippen LogP contribution in [0.25, 0.3) is 50.3 Å². The SMILES string of the molecule is CC/C(=C\C=C(/C)C(C)(C)C)c1ncc(-c2ccc3c(c2)C(c2ccccc2)(c2ccccc2C)c2cc(-c4cnc(-c5ccc(C(C)(C)C)cc5)nc4)ccc2-3)cn1. The molecule has 1 unspecified atom stereocenters. The van der Waals surface area contributed by atoms with Crippen molar-refractivity contribution in [2.75, 3.05) is 0 Å². The van der Waals surface area contributed by atoms with Crippen LogP contribution in [-0.2, 0) is 10.8 Å². The highest BCUT2D eigenvalue weighted by Crippen LogP contribution is 2.58. The van der Waals surface area contributed by atoms with Crippen LogP contribution in [0.2, 0.25) is 0 Å². The number of fused-ring (bicyclic) bond motifs is 3. The van der Waals surface area contributed by atoms with Gasteiger partial charge in [-0.05, 0) is 104 Å². The highest BCUT2D eigenvalue weighted by molar-refractivity contribution is 5.90. The minimum Gasteiger partial charge on any atom is -0.236 e. The molecule has 0 radical (unpaired) electrons. The molecule has 0 fully saturated rings. The Morgan fingerprint density at radius 3 is 1.61 bits per heavy atom. The number of aromatic nitrogens is 4. The van der Waals surface area contributed by atoms with Crippen molar-refractivity contribution >= 4 is 5.57 Å². The van der Waals surface area contributed by atoms with Gasteiger partial charge in [0, 0.05) is 41.5 Å². The minimum atomic E-state index is -0.588. The van der Waals surface area contributed by atoms with Crippen LogP contribution in [0.15, 0.2) is 158 Å². The van der Waals surface area contributed by atoms with Crippen LogP contribution in [0.1, 0.15) is 101 Å².